The monoisotopic (exact) mass is 502 g/mol. The molecule has 0 heterocycles. The fourth-order valence-electron chi connectivity index (χ4n) is 2.42. The van der Waals surface area contributed by atoms with Crippen molar-refractivity contribution in [3.05, 3.63) is 62.6 Å². The van der Waals surface area contributed by atoms with Gasteiger partial charge in [0.05, 0.1) is 16.7 Å². The fourth-order valence-corrected chi connectivity index (χ4v) is 3.12. The van der Waals surface area contributed by atoms with E-state index < -0.39 is 6.36 Å². The van der Waals surface area contributed by atoms with Crippen LogP contribution >= 0.6 is 46.4 Å². The molecule has 3 nitrogen and oxygen atoms in total. The van der Waals surface area contributed by atoms with Crippen molar-refractivity contribution in [2.24, 2.45) is 0 Å². The Morgan fingerprint density at radius 1 is 0.900 bits per heavy atom. The maximum Gasteiger partial charge on any atom is 0.573 e. The average Bonchev–Trinajstić information content (AvgIpc) is 2.63. The van der Waals surface area contributed by atoms with Crippen LogP contribution in [0.5, 0.6) is 17.2 Å². The zero-order chi connectivity index (χ0) is 22.1. The van der Waals surface area contributed by atoms with Crippen LogP contribution in [0.2, 0.25) is 10.0 Å². The first-order valence-corrected chi connectivity index (χ1v) is 10.3. The second-order valence-electron chi connectivity index (χ2n) is 6.02. The zero-order valence-electron chi connectivity index (χ0n) is 15.4. The van der Waals surface area contributed by atoms with E-state index in [1.54, 1.807) is 24.3 Å². The Labute approximate surface area is 192 Å². The summed E-state index contributed by atoms with van der Waals surface area (Å²) in [5, 5.41) is 0.609. The molecule has 0 aliphatic rings. The third-order valence-electron chi connectivity index (χ3n) is 3.72. The van der Waals surface area contributed by atoms with Crippen LogP contribution in [0, 0.1) is 0 Å². The van der Waals surface area contributed by atoms with Gasteiger partial charge in [-0.2, -0.15) is 0 Å². The lowest BCUT2D eigenvalue weighted by atomic mass is 10.1. The number of benzene rings is 2. The van der Waals surface area contributed by atoms with Crippen LogP contribution in [-0.4, -0.2) is 19.6 Å². The Balaban J connectivity index is 1.77. The van der Waals surface area contributed by atoms with Gasteiger partial charge in [-0.25, -0.2) is 0 Å². The molecular weight excluding hydrogens is 487 g/mol. The Morgan fingerprint density at radius 2 is 1.53 bits per heavy atom. The second kappa shape index (κ2) is 11.8. The largest absolute Gasteiger partial charge is 0.573 e. The van der Waals surface area contributed by atoms with Crippen LogP contribution in [0.25, 0.3) is 0 Å². The molecule has 0 atom stereocenters. The lowest BCUT2D eigenvalue weighted by molar-refractivity contribution is -0.274. The van der Waals surface area contributed by atoms with Crippen molar-refractivity contribution in [3.8, 4) is 17.2 Å². The van der Waals surface area contributed by atoms with Gasteiger partial charge in [0.1, 0.15) is 22.6 Å². The van der Waals surface area contributed by atoms with E-state index in [4.69, 9.17) is 55.9 Å². The van der Waals surface area contributed by atoms with Crippen LogP contribution in [-0.2, 0) is 6.42 Å². The van der Waals surface area contributed by atoms with Gasteiger partial charge in [-0.1, -0.05) is 58.5 Å². The molecule has 0 aliphatic heterocycles. The Bertz CT molecular complexity index is 828. The number of unbranched alkanes of at least 4 members (excludes halogenated alkanes) is 1. The summed E-state index contributed by atoms with van der Waals surface area (Å²) in [7, 11) is 0. The number of aryl methyl sites for hydroxylation is 1. The van der Waals surface area contributed by atoms with Crippen molar-refractivity contribution in [2.45, 2.75) is 25.6 Å². The zero-order valence-corrected chi connectivity index (χ0v) is 18.5. The smallest absolute Gasteiger partial charge is 0.490 e. The Hall–Kier alpha value is -1.47. The fraction of sp³-hybridized carbons (Fsp3) is 0.300. The molecule has 0 bridgehead atoms. The van der Waals surface area contributed by atoms with Crippen LogP contribution in [0.4, 0.5) is 13.2 Å². The van der Waals surface area contributed by atoms with E-state index in [0.717, 1.165) is 12.0 Å². The molecule has 0 saturated heterocycles. The maximum atomic E-state index is 12.2. The van der Waals surface area contributed by atoms with Gasteiger partial charge in [-0.05, 0) is 43.0 Å². The molecular formula is C20H17Cl4F3O3. The summed E-state index contributed by atoms with van der Waals surface area (Å²) in [6, 6.07) is 8.92. The van der Waals surface area contributed by atoms with Crippen LogP contribution in [0.1, 0.15) is 18.4 Å². The van der Waals surface area contributed by atoms with E-state index in [1.165, 1.54) is 18.2 Å². The van der Waals surface area contributed by atoms with Gasteiger partial charge in [0.25, 0.3) is 0 Å². The highest BCUT2D eigenvalue weighted by atomic mass is 35.5. The third kappa shape index (κ3) is 9.13. The van der Waals surface area contributed by atoms with Gasteiger partial charge >= 0.3 is 6.36 Å². The minimum atomic E-state index is -4.69. The molecule has 0 amide bonds. The average molecular weight is 504 g/mol. The quantitative estimate of drug-likeness (QED) is 0.307. The first kappa shape index (κ1) is 24.8. The van der Waals surface area contributed by atoms with Gasteiger partial charge in [0.2, 0.25) is 0 Å². The standard InChI is InChI=1S/C20H17Cl4F3O3/c21-16-11-15(28-10-8-18(23)24)12-17(22)19(16)29-9-2-1-3-13-4-6-14(7-5-13)30-20(25,26)27/h4-8,11-12H,1-3,9-10H2. The van der Waals surface area contributed by atoms with Crippen molar-refractivity contribution < 1.29 is 27.4 Å². The van der Waals surface area contributed by atoms with Crippen LogP contribution in [0.3, 0.4) is 0 Å². The van der Waals surface area contributed by atoms with Gasteiger partial charge in [0, 0.05) is 12.1 Å². The van der Waals surface area contributed by atoms with Crippen molar-refractivity contribution in [1.82, 2.24) is 0 Å². The Morgan fingerprint density at radius 3 is 2.10 bits per heavy atom. The lowest BCUT2D eigenvalue weighted by Gasteiger charge is -2.12. The minimum absolute atomic E-state index is 0.0951. The van der Waals surface area contributed by atoms with Crippen molar-refractivity contribution in [3.63, 3.8) is 0 Å². The number of hydrogen-bond donors (Lipinski definition) is 0. The number of rotatable bonds is 10. The van der Waals surface area contributed by atoms with Crippen LogP contribution in [0.15, 0.2) is 47.0 Å². The molecule has 10 heteroatoms. The summed E-state index contributed by atoms with van der Waals surface area (Å²) in [6.07, 6.45) is -1.07. The minimum Gasteiger partial charge on any atom is -0.490 e. The molecule has 2 aromatic rings. The second-order valence-corrected chi connectivity index (χ2v) is 7.84. The summed E-state index contributed by atoms with van der Waals surface area (Å²) in [4.78, 5) is 0. The predicted molar refractivity (Wildman–Crippen MR) is 113 cm³/mol. The highest BCUT2D eigenvalue weighted by Crippen LogP contribution is 2.37. The van der Waals surface area contributed by atoms with Gasteiger partial charge in [0.15, 0.2) is 5.75 Å². The summed E-state index contributed by atoms with van der Waals surface area (Å²) < 4.78 is 51.5. The van der Waals surface area contributed by atoms with Crippen molar-refractivity contribution in [1.29, 1.82) is 0 Å². The molecule has 0 aromatic heterocycles. The van der Waals surface area contributed by atoms with Crippen molar-refractivity contribution in [2.75, 3.05) is 13.2 Å². The topological polar surface area (TPSA) is 27.7 Å². The van der Waals surface area contributed by atoms with Crippen LogP contribution < -0.4 is 14.2 Å². The molecule has 0 spiro atoms. The van der Waals surface area contributed by atoms with Gasteiger partial charge in [-0.15, -0.1) is 13.2 Å². The van der Waals surface area contributed by atoms with Crippen molar-refractivity contribution >= 4 is 46.4 Å². The highest BCUT2D eigenvalue weighted by Gasteiger charge is 2.30. The summed E-state index contributed by atoms with van der Waals surface area (Å²) >= 11 is 23.4. The summed E-state index contributed by atoms with van der Waals surface area (Å²) in [6.45, 7) is 0.540. The number of halogens is 7. The SMILES string of the molecule is FC(F)(F)Oc1ccc(CCCCOc2c(Cl)cc(OCC=C(Cl)Cl)cc2Cl)cc1. The first-order valence-electron chi connectivity index (χ1n) is 8.74. The summed E-state index contributed by atoms with van der Waals surface area (Å²) in [5.74, 6) is 0.555. The molecule has 164 valence electrons. The third-order valence-corrected chi connectivity index (χ3v) is 4.59. The maximum absolute atomic E-state index is 12.2. The van der Waals surface area contributed by atoms with E-state index in [2.05, 4.69) is 4.74 Å². The normalized spacial score (nSPS) is 11.2. The molecule has 0 unspecified atom stereocenters. The molecule has 2 aromatic carbocycles. The lowest BCUT2D eigenvalue weighted by Crippen LogP contribution is -2.17. The Kier molecular flexibility index (Phi) is 9.75. The van der Waals surface area contributed by atoms with E-state index in [9.17, 15) is 13.2 Å². The first-order chi connectivity index (χ1) is 14.1. The van der Waals surface area contributed by atoms with E-state index in [1.807, 2.05) is 0 Å². The number of ether oxygens (including phenoxy) is 3. The van der Waals surface area contributed by atoms with E-state index in [-0.39, 0.29) is 16.8 Å². The molecule has 0 N–H and O–H groups in total. The molecule has 0 fully saturated rings. The van der Waals surface area contributed by atoms with E-state index >= 15 is 0 Å². The van der Waals surface area contributed by atoms with Gasteiger partial charge in [-0.3, -0.25) is 0 Å². The molecule has 0 saturated carbocycles. The highest BCUT2D eigenvalue weighted by molar-refractivity contribution is 6.55. The predicted octanol–water partition coefficient (Wildman–Crippen LogP) is 7.99. The molecule has 0 radical (unpaired) electrons. The van der Waals surface area contributed by atoms with E-state index in [0.29, 0.717) is 41.0 Å². The summed E-state index contributed by atoms with van der Waals surface area (Å²) in [5.41, 5.74) is 0.896. The van der Waals surface area contributed by atoms with Gasteiger partial charge < -0.3 is 14.2 Å². The molecule has 30 heavy (non-hydrogen) atoms. The number of hydrogen-bond acceptors (Lipinski definition) is 3. The molecule has 2 rings (SSSR count). The molecule has 0 aliphatic carbocycles. The number of alkyl halides is 3.